The van der Waals surface area contributed by atoms with Crippen LogP contribution < -0.4 is 0 Å². The van der Waals surface area contributed by atoms with Crippen LogP contribution >= 0.6 is 0 Å². The summed E-state index contributed by atoms with van der Waals surface area (Å²) < 4.78 is 26.8. The molecule has 3 heteroatoms. The van der Waals surface area contributed by atoms with Crippen molar-refractivity contribution in [3.63, 3.8) is 0 Å². The normalized spacial score (nSPS) is 23.4. The predicted octanol–water partition coefficient (Wildman–Crippen LogP) is 3.23. The van der Waals surface area contributed by atoms with Gasteiger partial charge in [0, 0.05) is 24.2 Å². The van der Waals surface area contributed by atoms with E-state index >= 15 is 0 Å². The van der Waals surface area contributed by atoms with Gasteiger partial charge >= 0.3 is 0 Å². The molecule has 0 fully saturated rings. The summed E-state index contributed by atoms with van der Waals surface area (Å²) in [7, 11) is 0. The van der Waals surface area contributed by atoms with Crippen molar-refractivity contribution in [2.45, 2.75) is 31.6 Å². The molecule has 0 aromatic heterocycles. The first-order chi connectivity index (χ1) is 7.75. The molecule has 1 atom stereocenters. The third kappa shape index (κ3) is 1.46. The average Bonchev–Trinajstić information content (AvgIpc) is 2.28. The monoisotopic (exact) mass is 221 g/mol. The first-order valence-electron chi connectivity index (χ1n) is 5.77. The zero-order valence-corrected chi connectivity index (χ0v) is 8.97. The standard InChI is InChI=1S/C13H13F2N/c14-8-6-11-9(12(15)7-8)3-4-13-10(11)2-1-5-16-13/h6-7,10H,1-5H2. The number of rotatable bonds is 0. The second-order valence-electron chi connectivity index (χ2n) is 4.52. The van der Waals surface area contributed by atoms with Crippen molar-refractivity contribution >= 4 is 5.71 Å². The molecule has 0 spiro atoms. The minimum Gasteiger partial charge on any atom is -0.293 e. The summed E-state index contributed by atoms with van der Waals surface area (Å²) in [5, 5.41) is 0. The van der Waals surface area contributed by atoms with Gasteiger partial charge in [0.1, 0.15) is 11.6 Å². The fourth-order valence-corrected chi connectivity index (χ4v) is 2.83. The maximum absolute atomic E-state index is 13.6. The zero-order chi connectivity index (χ0) is 11.1. The predicted molar refractivity (Wildman–Crippen MR) is 59.0 cm³/mol. The van der Waals surface area contributed by atoms with Crippen molar-refractivity contribution in [1.29, 1.82) is 0 Å². The molecule has 84 valence electrons. The van der Waals surface area contributed by atoms with Gasteiger partial charge in [-0.25, -0.2) is 8.78 Å². The highest BCUT2D eigenvalue weighted by Crippen LogP contribution is 2.36. The quantitative estimate of drug-likeness (QED) is 0.637. The molecule has 0 saturated heterocycles. The van der Waals surface area contributed by atoms with E-state index in [0.717, 1.165) is 43.1 Å². The molecule has 1 aliphatic carbocycles. The summed E-state index contributed by atoms with van der Waals surface area (Å²) >= 11 is 0. The summed E-state index contributed by atoms with van der Waals surface area (Å²) in [6, 6.07) is 2.48. The first-order valence-corrected chi connectivity index (χ1v) is 5.77. The SMILES string of the molecule is Fc1cc(F)c2c(c1)C1CCCN=C1CC2. The van der Waals surface area contributed by atoms with Gasteiger partial charge in [-0.1, -0.05) is 0 Å². The highest BCUT2D eigenvalue weighted by molar-refractivity contribution is 5.93. The maximum atomic E-state index is 13.6. The highest BCUT2D eigenvalue weighted by Gasteiger charge is 2.29. The topological polar surface area (TPSA) is 12.4 Å². The van der Waals surface area contributed by atoms with E-state index in [1.54, 1.807) is 0 Å². The summed E-state index contributed by atoms with van der Waals surface area (Å²) in [5.41, 5.74) is 2.68. The lowest BCUT2D eigenvalue weighted by Crippen LogP contribution is -2.25. The molecule has 0 N–H and O–H groups in total. The van der Waals surface area contributed by atoms with Crippen LogP contribution in [0.5, 0.6) is 0 Å². The number of fused-ring (bicyclic) bond motifs is 3. The smallest absolute Gasteiger partial charge is 0.129 e. The largest absolute Gasteiger partial charge is 0.293 e. The summed E-state index contributed by atoms with van der Waals surface area (Å²) in [6.07, 6.45) is 3.50. The van der Waals surface area contributed by atoms with Crippen LogP contribution in [0.25, 0.3) is 0 Å². The minimum absolute atomic E-state index is 0.169. The molecule has 1 aromatic carbocycles. The van der Waals surface area contributed by atoms with Gasteiger partial charge in [0.25, 0.3) is 0 Å². The third-order valence-electron chi connectivity index (χ3n) is 3.57. The van der Waals surface area contributed by atoms with Crippen molar-refractivity contribution < 1.29 is 8.78 Å². The molecule has 1 aliphatic heterocycles. The summed E-state index contributed by atoms with van der Waals surface area (Å²) in [4.78, 5) is 4.48. The van der Waals surface area contributed by atoms with Crippen molar-refractivity contribution in [3.05, 3.63) is 34.9 Å². The van der Waals surface area contributed by atoms with E-state index in [1.165, 1.54) is 6.07 Å². The lowest BCUT2D eigenvalue weighted by atomic mass is 9.77. The van der Waals surface area contributed by atoms with Crippen molar-refractivity contribution in [2.24, 2.45) is 4.99 Å². The molecule has 0 bridgehead atoms. The van der Waals surface area contributed by atoms with Crippen LogP contribution in [-0.2, 0) is 6.42 Å². The Morgan fingerprint density at radius 2 is 2.06 bits per heavy atom. The number of halogens is 2. The number of nitrogens with zero attached hydrogens (tertiary/aromatic N) is 1. The maximum Gasteiger partial charge on any atom is 0.129 e. The van der Waals surface area contributed by atoms with Crippen molar-refractivity contribution in [1.82, 2.24) is 0 Å². The van der Waals surface area contributed by atoms with E-state index in [2.05, 4.69) is 4.99 Å². The number of benzene rings is 1. The second-order valence-corrected chi connectivity index (χ2v) is 4.52. The molecule has 0 amide bonds. The van der Waals surface area contributed by atoms with Crippen LogP contribution in [0.2, 0.25) is 0 Å². The van der Waals surface area contributed by atoms with Gasteiger partial charge in [-0.2, -0.15) is 0 Å². The molecule has 0 saturated carbocycles. The van der Waals surface area contributed by atoms with Gasteiger partial charge < -0.3 is 0 Å². The third-order valence-corrected chi connectivity index (χ3v) is 3.57. The number of aliphatic imine (C=N–C) groups is 1. The van der Waals surface area contributed by atoms with Crippen LogP contribution in [0.15, 0.2) is 17.1 Å². The molecule has 1 heterocycles. The van der Waals surface area contributed by atoms with E-state index in [4.69, 9.17) is 0 Å². The molecular formula is C13H13F2N. The van der Waals surface area contributed by atoms with Crippen molar-refractivity contribution in [3.8, 4) is 0 Å². The van der Waals surface area contributed by atoms with Crippen LogP contribution in [0.4, 0.5) is 8.78 Å². The van der Waals surface area contributed by atoms with Gasteiger partial charge in [0.05, 0.1) is 0 Å². The molecular weight excluding hydrogens is 208 g/mol. The lowest BCUT2D eigenvalue weighted by Gasteiger charge is -2.30. The molecule has 3 rings (SSSR count). The number of hydrogen-bond acceptors (Lipinski definition) is 1. The Morgan fingerprint density at radius 3 is 2.94 bits per heavy atom. The number of hydrogen-bond donors (Lipinski definition) is 0. The van der Waals surface area contributed by atoms with E-state index in [-0.39, 0.29) is 11.7 Å². The van der Waals surface area contributed by atoms with Crippen LogP contribution in [0.3, 0.4) is 0 Å². The Bertz CT molecular complexity index is 465. The van der Waals surface area contributed by atoms with E-state index in [9.17, 15) is 8.78 Å². The average molecular weight is 221 g/mol. The molecule has 2 aliphatic rings. The molecule has 1 nitrogen and oxygen atoms in total. The molecule has 1 unspecified atom stereocenters. The Kier molecular flexibility index (Phi) is 2.27. The fraction of sp³-hybridized carbons (Fsp3) is 0.462. The Balaban J connectivity index is 2.14. The summed E-state index contributed by atoms with van der Waals surface area (Å²) in [5.74, 6) is -0.689. The minimum atomic E-state index is -0.469. The first kappa shape index (κ1) is 9.94. The molecule has 16 heavy (non-hydrogen) atoms. The van der Waals surface area contributed by atoms with E-state index < -0.39 is 5.82 Å². The van der Waals surface area contributed by atoms with Crippen LogP contribution in [0.1, 0.15) is 36.3 Å². The van der Waals surface area contributed by atoms with Crippen LogP contribution in [0, 0.1) is 11.6 Å². The van der Waals surface area contributed by atoms with Crippen LogP contribution in [-0.4, -0.2) is 12.3 Å². The van der Waals surface area contributed by atoms with E-state index in [1.807, 2.05) is 0 Å². The Hall–Kier alpha value is -1.25. The van der Waals surface area contributed by atoms with E-state index in [0.29, 0.717) is 12.0 Å². The van der Waals surface area contributed by atoms with Gasteiger partial charge in [0.2, 0.25) is 0 Å². The van der Waals surface area contributed by atoms with Gasteiger partial charge in [-0.15, -0.1) is 0 Å². The second kappa shape index (κ2) is 3.65. The molecule has 0 radical (unpaired) electrons. The zero-order valence-electron chi connectivity index (χ0n) is 8.97. The highest BCUT2D eigenvalue weighted by atomic mass is 19.1. The molecule has 1 aromatic rings. The van der Waals surface area contributed by atoms with Crippen molar-refractivity contribution in [2.75, 3.05) is 6.54 Å². The van der Waals surface area contributed by atoms with Gasteiger partial charge in [0.15, 0.2) is 0 Å². The Morgan fingerprint density at radius 1 is 1.19 bits per heavy atom. The van der Waals surface area contributed by atoms with Gasteiger partial charge in [-0.05, 0) is 42.9 Å². The Labute approximate surface area is 93.2 Å². The summed E-state index contributed by atoms with van der Waals surface area (Å²) in [6.45, 7) is 0.874. The lowest BCUT2D eigenvalue weighted by molar-refractivity contribution is 0.551. The van der Waals surface area contributed by atoms with Gasteiger partial charge in [-0.3, -0.25) is 4.99 Å². The fourth-order valence-electron chi connectivity index (χ4n) is 2.83.